The highest BCUT2D eigenvalue weighted by Gasteiger charge is 2.15. The summed E-state index contributed by atoms with van der Waals surface area (Å²) in [6, 6.07) is 0. The SMILES string of the molecule is CCCc1noc(N)c1C(C)C. The van der Waals surface area contributed by atoms with E-state index in [0.29, 0.717) is 11.8 Å². The molecular weight excluding hydrogens is 152 g/mol. The number of aryl methyl sites for hydroxylation is 1. The second-order valence-corrected chi connectivity index (χ2v) is 3.31. The molecule has 0 unspecified atom stereocenters. The summed E-state index contributed by atoms with van der Waals surface area (Å²) in [7, 11) is 0. The first-order chi connectivity index (χ1) is 5.66. The molecule has 0 atom stereocenters. The highest BCUT2D eigenvalue weighted by molar-refractivity contribution is 5.41. The molecule has 1 aromatic rings. The Bertz CT molecular complexity index is 253. The highest BCUT2D eigenvalue weighted by Crippen LogP contribution is 2.26. The van der Waals surface area contributed by atoms with Crippen LogP contribution in [0.15, 0.2) is 4.52 Å². The smallest absolute Gasteiger partial charge is 0.225 e. The monoisotopic (exact) mass is 168 g/mol. The van der Waals surface area contributed by atoms with E-state index in [1.165, 1.54) is 0 Å². The first kappa shape index (κ1) is 9.10. The summed E-state index contributed by atoms with van der Waals surface area (Å²) in [5.41, 5.74) is 7.74. The van der Waals surface area contributed by atoms with E-state index >= 15 is 0 Å². The van der Waals surface area contributed by atoms with Crippen molar-refractivity contribution in [2.45, 2.75) is 39.5 Å². The number of hydrogen-bond acceptors (Lipinski definition) is 3. The molecule has 12 heavy (non-hydrogen) atoms. The summed E-state index contributed by atoms with van der Waals surface area (Å²) >= 11 is 0. The van der Waals surface area contributed by atoms with Gasteiger partial charge in [0.15, 0.2) is 0 Å². The Morgan fingerprint density at radius 3 is 2.67 bits per heavy atom. The lowest BCUT2D eigenvalue weighted by atomic mass is 10.0. The Morgan fingerprint density at radius 2 is 2.17 bits per heavy atom. The quantitative estimate of drug-likeness (QED) is 0.753. The van der Waals surface area contributed by atoms with Gasteiger partial charge in [-0.25, -0.2) is 0 Å². The van der Waals surface area contributed by atoms with Crippen molar-refractivity contribution in [3.05, 3.63) is 11.3 Å². The molecule has 0 fully saturated rings. The van der Waals surface area contributed by atoms with Crippen LogP contribution in [0.2, 0.25) is 0 Å². The van der Waals surface area contributed by atoms with E-state index in [9.17, 15) is 0 Å². The van der Waals surface area contributed by atoms with Crippen molar-refractivity contribution >= 4 is 5.88 Å². The zero-order valence-corrected chi connectivity index (χ0v) is 7.92. The van der Waals surface area contributed by atoms with Gasteiger partial charge in [0, 0.05) is 5.56 Å². The molecule has 1 aromatic heterocycles. The molecule has 0 aliphatic rings. The number of nitrogens with two attached hydrogens (primary N) is 1. The van der Waals surface area contributed by atoms with Gasteiger partial charge in [-0.1, -0.05) is 32.3 Å². The van der Waals surface area contributed by atoms with E-state index in [1.54, 1.807) is 0 Å². The first-order valence-corrected chi connectivity index (χ1v) is 4.40. The van der Waals surface area contributed by atoms with Gasteiger partial charge in [0.1, 0.15) is 0 Å². The van der Waals surface area contributed by atoms with Crippen LogP contribution in [0.4, 0.5) is 5.88 Å². The molecule has 2 N–H and O–H groups in total. The van der Waals surface area contributed by atoms with Crippen molar-refractivity contribution in [2.24, 2.45) is 0 Å². The van der Waals surface area contributed by atoms with Crippen molar-refractivity contribution in [2.75, 3.05) is 5.73 Å². The van der Waals surface area contributed by atoms with Crippen molar-refractivity contribution in [3.63, 3.8) is 0 Å². The molecule has 0 saturated heterocycles. The third-order valence-corrected chi connectivity index (χ3v) is 1.89. The van der Waals surface area contributed by atoms with E-state index in [1.807, 2.05) is 0 Å². The van der Waals surface area contributed by atoms with Crippen LogP contribution < -0.4 is 5.73 Å². The van der Waals surface area contributed by atoms with Crippen molar-refractivity contribution in [1.29, 1.82) is 0 Å². The van der Waals surface area contributed by atoms with Gasteiger partial charge >= 0.3 is 0 Å². The van der Waals surface area contributed by atoms with Crippen LogP contribution >= 0.6 is 0 Å². The maximum Gasteiger partial charge on any atom is 0.225 e. The molecule has 68 valence electrons. The molecule has 1 heterocycles. The zero-order chi connectivity index (χ0) is 9.14. The lowest BCUT2D eigenvalue weighted by Crippen LogP contribution is -1.96. The molecule has 0 bridgehead atoms. The minimum Gasteiger partial charge on any atom is -0.367 e. The van der Waals surface area contributed by atoms with Gasteiger partial charge in [-0.2, -0.15) is 0 Å². The van der Waals surface area contributed by atoms with Gasteiger partial charge in [0.25, 0.3) is 0 Å². The van der Waals surface area contributed by atoms with E-state index < -0.39 is 0 Å². The number of aromatic nitrogens is 1. The van der Waals surface area contributed by atoms with Crippen LogP contribution in [0.3, 0.4) is 0 Å². The van der Waals surface area contributed by atoms with E-state index in [4.69, 9.17) is 10.3 Å². The topological polar surface area (TPSA) is 52.0 Å². The Hall–Kier alpha value is -0.990. The number of anilines is 1. The minimum absolute atomic E-state index is 0.401. The van der Waals surface area contributed by atoms with Gasteiger partial charge in [0.05, 0.1) is 5.69 Å². The fourth-order valence-corrected chi connectivity index (χ4v) is 1.38. The van der Waals surface area contributed by atoms with Crippen molar-refractivity contribution in [3.8, 4) is 0 Å². The maximum atomic E-state index is 5.64. The van der Waals surface area contributed by atoms with Gasteiger partial charge < -0.3 is 10.3 Å². The lowest BCUT2D eigenvalue weighted by Gasteiger charge is -2.03. The average molecular weight is 168 g/mol. The maximum absolute atomic E-state index is 5.64. The molecular formula is C9H16N2O. The summed E-state index contributed by atoms with van der Waals surface area (Å²) in [6.07, 6.45) is 2.03. The lowest BCUT2D eigenvalue weighted by molar-refractivity contribution is 0.427. The molecule has 1 rings (SSSR count). The Balaban J connectivity index is 2.95. The van der Waals surface area contributed by atoms with E-state index in [0.717, 1.165) is 24.1 Å². The van der Waals surface area contributed by atoms with Gasteiger partial charge in [-0.15, -0.1) is 0 Å². The van der Waals surface area contributed by atoms with Crippen LogP contribution in [-0.2, 0) is 6.42 Å². The van der Waals surface area contributed by atoms with Crippen LogP contribution in [-0.4, -0.2) is 5.16 Å². The molecule has 0 radical (unpaired) electrons. The highest BCUT2D eigenvalue weighted by atomic mass is 16.5. The normalized spacial score (nSPS) is 11.0. The zero-order valence-electron chi connectivity index (χ0n) is 7.92. The third kappa shape index (κ3) is 1.60. The largest absolute Gasteiger partial charge is 0.367 e. The molecule has 3 heteroatoms. The van der Waals surface area contributed by atoms with Crippen molar-refractivity contribution in [1.82, 2.24) is 5.16 Å². The van der Waals surface area contributed by atoms with Crippen LogP contribution in [0.25, 0.3) is 0 Å². The fraction of sp³-hybridized carbons (Fsp3) is 0.667. The molecule has 0 amide bonds. The molecule has 0 aliphatic heterocycles. The fourth-order valence-electron chi connectivity index (χ4n) is 1.38. The van der Waals surface area contributed by atoms with Gasteiger partial charge in [0.2, 0.25) is 5.88 Å². The Morgan fingerprint density at radius 1 is 1.50 bits per heavy atom. The van der Waals surface area contributed by atoms with E-state index in [2.05, 4.69) is 25.9 Å². The summed E-state index contributed by atoms with van der Waals surface area (Å²) in [6.45, 7) is 6.32. The summed E-state index contributed by atoms with van der Waals surface area (Å²) in [5.74, 6) is 0.881. The molecule has 0 aliphatic carbocycles. The second kappa shape index (κ2) is 3.61. The van der Waals surface area contributed by atoms with Crippen molar-refractivity contribution < 1.29 is 4.52 Å². The summed E-state index contributed by atoms with van der Waals surface area (Å²) in [5, 5.41) is 3.93. The number of nitrogen functional groups attached to an aromatic ring is 1. The third-order valence-electron chi connectivity index (χ3n) is 1.89. The van der Waals surface area contributed by atoms with Crippen LogP contribution in [0.5, 0.6) is 0 Å². The van der Waals surface area contributed by atoms with Crippen LogP contribution in [0, 0.1) is 0 Å². The number of hydrogen-bond donors (Lipinski definition) is 1. The van der Waals surface area contributed by atoms with Gasteiger partial charge in [-0.05, 0) is 12.3 Å². The van der Waals surface area contributed by atoms with Gasteiger partial charge in [-0.3, -0.25) is 0 Å². The molecule has 0 spiro atoms. The van der Waals surface area contributed by atoms with Crippen LogP contribution in [0.1, 0.15) is 44.4 Å². The number of rotatable bonds is 3. The molecule has 3 nitrogen and oxygen atoms in total. The Kier molecular flexibility index (Phi) is 2.74. The predicted octanol–water partition coefficient (Wildman–Crippen LogP) is 2.33. The summed E-state index contributed by atoms with van der Waals surface area (Å²) in [4.78, 5) is 0. The minimum atomic E-state index is 0.401. The summed E-state index contributed by atoms with van der Waals surface area (Å²) < 4.78 is 4.94. The van der Waals surface area contributed by atoms with E-state index in [-0.39, 0.29) is 0 Å². The average Bonchev–Trinajstić information content (AvgIpc) is 2.32. The number of nitrogens with zero attached hydrogens (tertiary/aromatic N) is 1. The Labute approximate surface area is 72.9 Å². The first-order valence-electron chi connectivity index (χ1n) is 4.40. The molecule has 0 saturated carbocycles. The standard InChI is InChI=1S/C9H16N2O/c1-4-5-7-8(6(2)3)9(10)12-11-7/h6H,4-5,10H2,1-3H3. The second-order valence-electron chi connectivity index (χ2n) is 3.31. The predicted molar refractivity (Wildman–Crippen MR) is 49.0 cm³/mol. The molecule has 0 aromatic carbocycles.